The number of aryl methyl sites for hydroxylation is 3. The molecule has 1 N–H and O–H groups in total. The lowest BCUT2D eigenvalue weighted by Crippen LogP contribution is -2.18. The maximum Gasteiger partial charge on any atom is 0.229 e. The molecule has 5 heteroatoms. The molecule has 1 heterocycles. The zero-order chi connectivity index (χ0) is 18.1. The summed E-state index contributed by atoms with van der Waals surface area (Å²) in [4.78, 5) is 21.8. The van der Waals surface area contributed by atoms with E-state index in [-0.39, 0.29) is 12.3 Å². The number of hydrogen-bond acceptors (Lipinski definition) is 3. The number of rotatable bonds is 3. The fourth-order valence-electron chi connectivity index (χ4n) is 3.25. The molecule has 0 atom stereocenters. The van der Waals surface area contributed by atoms with Crippen LogP contribution < -0.4 is 5.32 Å². The fourth-order valence-corrected chi connectivity index (χ4v) is 3.37. The Hall–Kier alpha value is -2.72. The van der Waals surface area contributed by atoms with Crippen LogP contribution in [0, 0.1) is 6.92 Å². The Bertz CT molecular complexity index is 983. The van der Waals surface area contributed by atoms with Crippen LogP contribution in [0.5, 0.6) is 0 Å². The summed E-state index contributed by atoms with van der Waals surface area (Å²) in [5.74, 6) is 0.433. The zero-order valence-corrected chi connectivity index (χ0v) is 15.2. The SMILES string of the molecule is Cc1nc2c(nc1NC(=O)Cc1ccc(Cl)cc1)CCc1ccccc1-2. The van der Waals surface area contributed by atoms with Gasteiger partial charge < -0.3 is 5.32 Å². The second-order valence-electron chi connectivity index (χ2n) is 6.46. The van der Waals surface area contributed by atoms with E-state index in [9.17, 15) is 4.79 Å². The van der Waals surface area contributed by atoms with E-state index in [1.165, 1.54) is 5.56 Å². The van der Waals surface area contributed by atoms with Crippen molar-refractivity contribution in [2.45, 2.75) is 26.2 Å². The van der Waals surface area contributed by atoms with Gasteiger partial charge in [-0.2, -0.15) is 0 Å². The van der Waals surface area contributed by atoms with Crippen molar-refractivity contribution in [3.63, 3.8) is 0 Å². The van der Waals surface area contributed by atoms with Crippen LogP contribution in [0.25, 0.3) is 11.3 Å². The number of amides is 1. The summed E-state index contributed by atoms with van der Waals surface area (Å²) >= 11 is 5.88. The molecule has 0 unspecified atom stereocenters. The normalized spacial score (nSPS) is 12.2. The highest BCUT2D eigenvalue weighted by molar-refractivity contribution is 6.30. The van der Waals surface area contributed by atoms with Gasteiger partial charge in [-0.1, -0.05) is 48.0 Å². The van der Waals surface area contributed by atoms with E-state index < -0.39 is 0 Å². The first kappa shape index (κ1) is 16.7. The minimum absolute atomic E-state index is 0.110. The number of benzene rings is 2. The molecule has 0 fully saturated rings. The molecule has 3 aromatic rings. The second kappa shape index (κ2) is 6.89. The third kappa shape index (κ3) is 3.33. The lowest BCUT2D eigenvalue weighted by Gasteiger charge is -2.20. The molecular weight excluding hydrogens is 346 g/mol. The number of carbonyl (C=O) groups excluding carboxylic acids is 1. The van der Waals surface area contributed by atoms with Gasteiger partial charge in [0.05, 0.1) is 23.5 Å². The van der Waals surface area contributed by atoms with Crippen molar-refractivity contribution in [2.75, 3.05) is 5.32 Å². The lowest BCUT2D eigenvalue weighted by atomic mass is 9.92. The van der Waals surface area contributed by atoms with Crippen molar-refractivity contribution in [2.24, 2.45) is 0 Å². The molecule has 0 radical (unpaired) electrons. The van der Waals surface area contributed by atoms with Gasteiger partial charge in [0.1, 0.15) is 0 Å². The number of fused-ring (bicyclic) bond motifs is 3. The highest BCUT2D eigenvalue weighted by atomic mass is 35.5. The maximum atomic E-state index is 12.4. The Labute approximate surface area is 157 Å². The molecule has 2 aromatic carbocycles. The summed E-state index contributed by atoms with van der Waals surface area (Å²) in [5, 5.41) is 3.56. The first-order chi connectivity index (χ1) is 12.6. The van der Waals surface area contributed by atoms with E-state index in [2.05, 4.69) is 23.5 Å². The first-order valence-electron chi connectivity index (χ1n) is 8.60. The smallest absolute Gasteiger partial charge is 0.229 e. The predicted molar refractivity (Wildman–Crippen MR) is 103 cm³/mol. The van der Waals surface area contributed by atoms with Gasteiger partial charge in [0, 0.05) is 10.6 Å². The summed E-state index contributed by atoms with van der Waals surface area (Å²) < 4.78 is 0. The van der Waals surface area contributed by atoms with Gasteiger partial charge >= 0.3 is 0 Å². The van der Waals surface area contributed by atoms with Gasteiger partial charge in [-0.3, -0.25) is 4.79 Å². The number of halogens is 1. The molecule has 1 amide bonds. The van der Waals surface area contributed by atoms with Gasteiger partial charge in [0.2, 0.25) is 5.91 Å². The predicted octanol–water partition coefficient (Wildman–Crippen LogP) is 4.39. The van der Waals surface area contributed by atoms with E-state index in [4.69, 9.17) is 21.6 Å². The molecule has 4 nitrogen and oxygen atoms in total. The molecule has 26 heavy (non-hydrogen) atoms. The third-order valence-electron chi connectivity index (χ3n) is 4.58. The Kier molecular flexibility index (Phi) is 4.43. The van der Waals surface area contributed by atoms with Gasteiger partial charge in [-0.05, 0) is 43.0 Å². The molecule has 0 spiro atoms. The number of carbonyl (C=O) groups is 1. The summed E-state index contributed by atoms with van der Waals surface area (Å²) in [6, 6.07) is 15.6. The quantitative estimate of drug-likeness (QED) is 0.751. The molecule has 0 bridgehead atoms. The zero-order valence-electron chi connectivity index (χ0n) is 14.4. The van der Waals surface area contributed by atoms with Crippen LogP contribution in [0.2, 0.25) is 5.02 Å². The number of hydrogen-bond donors (Lipinski definition) is 1. The van der Waals surface area contributed by atoms with Crippen LogP contribution in [0.1, 0.15) is 22.5 Å². The molecule has 1 aliphatic rings. The minimum Gasteiger partial charge on any atom is -0.309 e. The molecule has 1 aliphatic carbocycles. The monoisotopic (exact) mass is 363 g/mol. The molecule has 0 saturated heterocycles. The summed E-state index contributed by atoms with van der Waals surface area (Å²) in [7, 11) is 0. The highest BCUT2D eigenvalue weighted by Crippen LogP contribution is 2.32. The van der Waals surface area contributed by atoms with E-state index in [0.29, 0.717) is 10.8 Å². The van der Waals surface area contributed by atoms with Crippen LogP contribution in [-0.4, -0.2) is 15.9 Å². The van der Waals surface area contributed by atoms with Gasteiger partial charge in [0.15, 0.2) is 5.82 Å². The largest absolute Gasteiger partial charge is 0.309 e. The van der Waals surface area contributed by atoms with E-state index >= 15 is 0 Å². The van der Waals surface area contributed by atoms with Gasteiger partial charge in [-0.25, -0.2) is 9.97 Å². The van der Waals surface area contributed by atoms with Crippen LogP contribution in [0.4, 0.5) is 5.82 Å². The topological polar surface area (TPSA) is 54.9 Å². The Morgan fingerprint density at radius 1 is 1.08 bits per heavy atom. The molecule has 130 valence electrons. The second-order valence-corrected chi connectivity index (χ2v) is 6.90. The van der Waals surface area contributed by atoms with Crippen molar-refractivity contribution in [1.82, 2.24) is 9.97 Å². The van der Waals surface area contributed by atoms with E-state index in [1.807, 2.05) is 25.1 Å². The first-order valence-corrected chi connectivity index (χ1v) is 8.98. The van der Waals surface area contributed by atoms with Crippen LogP contribution in [0.15, 0.2) is 48.5 Å². The molecular formula is C21H18ClN3O. The standard InChI is InChI=1S/C21H18ClN3O/c1-13-21(25-19(26)12-14-6-9-16(22)10-7-14)24-18-11-8-15-4-2-3-5-17(15)20(18)23-13/h2-7,9-10H,8,11-12H2,1H3,(H,24,25,26). The number of nitrogens with zero attached hydrogens (tertiary/aromatic N) is 2. The number of nitrogens with one attached hydrogen (secondary N) is 1. The van der Waals surface area contributed by atoms with Crippen LogP contribution >= 0.6 is 11.6 Å². The number of anilines is 1. The van der Waals surface area contributed by atoms with Crippen molar-refractivity contribution >= 4 is 23.3 Å². The minimum atomic E-state index is -0.110. The van der Waals surface area contributed by atoms with Crippen molar-refractivity contribution < 1.29 is 4.79 Å². The average molecular weight is 364 g/mol. The van der Waals surface area contributed by atoms with Gasteiger partial charge in [-0.15, -0.1) is 0 Å². The van der Waals surface area contributed by atoms with Crippen molar-refractivity contribution in [1.29, 1.82) is 0 Å². The Morgan fingerprint density at radius 3 is 2.65 bits per heavy atom. The molecule has 1 aromatic heterocycles. The van der Waals surface area contributed by atoms with Crippen LogP contribution in [0.3, 0.4) is 0 Å². The summed E-state index contributed by atoms with van der Waals surface area (Å²) in [6.07, 6.45) is 2.05. The highest BCUT2D eigenvalue weighted by Gasteiger charge is 2.20. The Morgan fingerprint density at radius 2 is 1.85 bits per heavy atom. The van der Waals surface area contributed by atoms with Crippen molar-refractivity contribution in [3.8, 4) is 11.3 Å². The molecule has 0 aliphatic heterocycles. The van der Waals surface area contributed by atoms with Gasteiger partial charge in [0.25, 0.3) is 0 Å². The third-order valence-corrected chi connectivity index (χ3v) is 4.83. The lowest BCUT2D eigenvalue weighted by molar-refractivity contribution is -0.115. The van der Waals surface area contributed by atoms with E-state index in [0.717, 1.165) is 41.1 Å². The molecule has 0 saturated carbocycles. The Balaban J connectivity index is 1.57. The maximum absolute atomic E-state index is 12.4. The van der Waals surface area contributed by atoms with Crippen LogP contribution in [-0.2, 0) is 24.1 Å². The summed E-state index contributed by atoms with van der Waals surface area (Å²) in [6.45, 7) is 1.88. The molecule has 4 rings (SSSR count). The fraction of sp³-hybridized carbons (Fsp3) is 0.190. The van der Waals surface area contributed by atoms with Crippen molar-refractivity contribution in [3.05, 3.63) is 76.1 Å². The average Bonchev–Trinajstić information content (AvgIpc) is 2.64. The summed E-state index contributed by atoms with van der Waals surface area (Å²) in [5.41, 5.74) is 5.95. The number of aromatic nitrogens is 2. The van der Waals surface area contributed by atoms with E-state index in [1.54, 1.807) is 12.1 Å².